The lowest BCUT2D eigenvalue weighted by molar-refractivity contribution is -0.387. The van der Waals surface area contributed by atoms with Gasteiger partial charge in [-0.05, 0) is 25.0 Å². The van der Waals surface area contributed by atoms with E-state index in [-0.39, 0.29) is 4.90 Å². The molecule has 0 radical (unpaired) electrons. The number of ether oxygens (including phenoxy) is 1. The van der Waals surface area contributed by atoms with Crippen LogP contribution in [0.3, 0.4) is 0 Å². The van der Waals surface area contributed by atoms with E-state index in [0.717, 1.165) is 19.1 Å². The summed E-state index contributed by atoms with van der Waals surface area (Å²) in [6, 6.07) is 4.03. The van der Waals surface area contributed by atoms with E-state index in [0.29, 0.717) is 24.9 Å². The van der Waals surface area contributed by atoms with Crippen LogP contribution in [0.15, 0.2) is 23.1 Å². The molecule has 1 aliphatic rings. The fraction of sp³-hybridized carbons (Fsp3) is 0.625. The van der Waals surface area contributed by atoms with E-state index in [2.05, 4.69) is 5.32 Å². The number of sulfone groups is 1. The van der Waals surface area contributed by atoms with Gasteiger partial charge in [-0.1, -0.05) is 25.7 Å². The minimum atomic E-state index is -3.67. The Morgan fingerprint density at radius 3 is 2.50 bits per heavy atom. The first kappa shape index (κ1) is 18.7. The van der Waals surface area contributed by atoms with Gasteiger partial charge >= 0.3 is 0 Å². The molecule has 1 fully saturated rings. The number of rotatable bonds is 7. The molecule has 0 saturated heterocycles. The summed E-state index contributed by atoms with van der Waals surface area (Å²) in [5.41, 5.74) is 0.128. The molecule has 0 atom stereocenters. The van der Waals surface area contributed by atoms with Crippen molar-refractivity contribution in [3.8, 4) is 0 Å². The van der Waals surface area contributed by atoms with Gasteiger partial charge in [0.15, 0.2) is 9.84 Å². The smallest absolute Gasteiger partial charge is 0.288 e. The van der Waals surface area contributed by atoms with Crippen molar-refractivity contribution >= 4 is 21.2 Å². The third-order valence-corrected chi connectivity index (χ3v) is 5.27. The molecular weight excluding hydrogens is 332 g/mol. The maximum atomic E-state index is 11.7. The number of benzene rings is 1. The molecule has 1 aromatic rings. The second-order valence-electron chi connectivity index (χ2n) is 6.12. The summed E-state index contributed by atoms with van der Waals surface area (Å²) in [6.07, 6.45) is 8.42. The first-order chi connectivity index (χ1) is 11.4. The zero-order valence-corrected chi connectivity index (χ0v) is 14.7. The predicted molar refractivity (Wildman–Crippen MR) is 92.1 cm³/mol. The van der Waals surface area contributed by atoms with Crippen LogP contribution in [0.4, 0.5) is 11.4 Å². The van der Waals surface area contributed by atoms with E-state index >= 15 is 0 Å². The number of nitro groups is 1. The van der Waals surface area contributed by atoms with Crippen LogP contribution < -0.4 is 5.32 Å². The molecule has 24 heavy (non-hydrogen) atoms. The van der Waals surface area contributed by atoms with Crippen LogP contribution in [0.5, 0.6) is 0 Å². The average molecular weight is 356 g/mol. The Morgan fingerprint density at radius 1 is 1.25 bits per heavy atom. The molecule has 0 spiro atoms. The van der Waals surface area contributed by atoms with E-state index in [1.807, 2.05) is 0 Å². The van der Waals surface area contributed by atoms with Gasteiger partial charge < -0.3 is 10.1 Å². The van der Waals surface area contributed by atoms with Crippen LogP contribution in [-0.4, -0.2) is 38.9 Å². The number of hydrogen-bond acceptors (Lipinski definition) is 6. The topological polar surface area (TPSA) is 98.5 Å². The van der Waals surface area contributed by atoms with E-state index in [4.69, 9.17) is 4.74 Å². The normalized spacial score (nSPS) is 16.5. The van der Waals surface area contributed by atoms with Gasteiger partial charge in [-0.3, -0.25) is 10.1 Å². The Kier molecular flexibility index (Phi) is 6.56. The summed E-state index contributed by atoms with van der Waals surface area (Å²) in [5.74, 6) is 0. The fourth-order valence-electron chi connectivity index (χ4n) is 2.90. The van der Waals surface area contributed by atoms with Crippen LogP contribution >= 0.6 is 0 Å². The molecule has 1 N–H and O–H groups in total. The third kappa shape index (κ3) is 5.45. The highest BCUT2D eigenvalue weighted by Crippen LogP contribution is 2.27. The molecule has 0 amide bonds. The highest BCUT2D eigenvalue weighted by Gasteiger charge is 2.22. The largest absolute Gasteiger partial charge is 0.383 e. The molecular formula is C16H24N2O5S. The number of hydrogen-bond donors (Lipinski definition) is 1. The Morgan fingerprint density at radius 2 is 1.92 bits per heavy atom. The molecule has 1 aliphatic carbocycles. The quantitative estimate of drug-likeness (QED) is 0.349. The van der Waals surface area contributed by atoms with Gasteiger partial charge in [0.25, 0.3) is 5.69 Å². The maximum Gasteiger partial charge on any atom is 0.288 e. The fourth-order valence-corrected chi connectivity index (χ4v) is 3.76. The molecule has 0 unspecified atom stereocenters. The number of nitrogens with one attached hydrogen (secondary N) is 1. The number of anilines is 1. The minimum Gasteiger partial charge on any atom is -0.383 e. The first-order valence-corrected chi connectivity index (χ1v) is 10.1. The number of nitrogens with zero attached hydrogens (tertiary/aromatic N) is 1. The summed E-state index contributed by atoms with van der Waals surface area (Å²) >= 11 is 0. The van der Waals surface area contributed by atoms with Crippen LogP contribution in [0.2, 0.25) is 0 Å². The van der Waals surface area contributed by atoms with Gasteiger partial charge in [0.2, 0.25) is 0 Å². The average Bonchev–Trinajstić information content (AvgIpc) is 2.79. The Balaban J connectivity index is 1.92. The van der Waals surface area contributed by atoms with E-state index in [9.17, 15) is 18.5 Å². The summed E-state index contributed by atoms with van der Waals surface area (Å²) < 4.78 is 29.3. The van der Waals surface area contributed by atoms with Gasteiger partial charge in [-0.25, -0.2) is 8.42 Å². The molecule has 0 aromatic heterocycles. The van der Waals surface area contributed by atoms with E-state index in [1.165, 1.54) is 43.9 Å². The molecule has 2 rings (SSSR count). The van der Waals surface area contributed by atoms with Crippen LogP contribution in [0.25, 0.3) is 0 Å². The summed E-state index contributed by atoms with van der Waals surface area (Å²) in [4.78, 5) is 9.98. The van der Waals surface area contributed by atoms with Crippen LogP contribution in [-0.2, 0) is 14.6 Å². The van der Waals surface area contributed by atoms with E-state index < -0.39 is 20.4 Å². The van der Waals surface area contributed by atoms with Gasteiger partial charge in [-0.2, -0.15) is 0 Å². The monoisotopic (exact) mass is 356 g/mol. The SMILES string of the molecule is CS(=O)(=O)c1cc(NCCOC2CCCCCC2)ccc1[N+](=O)[O-]. The molecule has 7 nitrogen and oxygen atoms in total. The molecule has 8 heteroatoms. The maximum absolute atomic E-state index is 11.7. The van der Waals surface area contributed by atoms with Crippen LogP contribution in [0, 0.1) is 10.1 Å². The summed E-state index contributed by atoms with van der Waals surface area (Å²) in [6.45, 7) is 1.05. The number of nitro benzene ring substituents is 1. The molecule has 134 valence electrons. The molecule has 1 saturated carbocycles. The lowest BCUT2D eigenvalue weighted by Gasteiger charge is -2.16. The molecule has 0 heterocycles. The first-order valence-electron chi connectivity index (χ1n) is 8.22. The second kappa shape index (κ2) is 8.43. The Bertz CT molecular complexity index is 667. The lowest BCUT2D eigenvalue weighted by Crippen LogP contribution is -2.17. The highest BCUT2D eigenvalue weighted by molar-refractivity contribution is 7.90. The molecule has 0 aliphatic heterocycles. The Hall–Kier alpha value is -1.67. The van der Waals surface area contributed by atoms with Gasteiger partial charge in [0.05, 0.1) is 17.6 Å². The van der Waals surface area contributed by atoms with Crippen molar-refractivity contribution < 1.29 is 18.1 Å². The van der Waals surface area contributed by atoms with Crippen molar-refractivity contribution in [2.75, 3.05) is 24.7 Å². The predicted octanol–water partition coefficient (Wildman–Crippen LogP) is 3.15. The Labute approximate surface area is 142 Å². The zero-order valence-electron chi connectivity index (χ0n) is 13.9. The van der Waals surface area contributed by atoms with Crippen molar-refractivity contribution in [1.29, 1.82) is 0 Å². The summed E-state index contributed by atoms with van der Waals surface area (Å²) in [7, 11) is -3.67. The minimum absolute atomic E-state index is 0.276. The van der Waals surface area contributed by atoms with Crippen molar-refractivity contribution in [3.63, 3.8) is 0 Å². The van der Waals surface area contributed by atoms with Crippen molar-refractivity contribution in [1.82, 2.24) is 0 Å². The molecule has 1 aromatic carbocycles. The second-order valence-corrected chi connectivity index (χ2v) is 8.11. The highest BCUT2D eigenvalue weighted by atomic mass is 32.2. The lowest BCUT2D eigenvalue weighted by atomic mass is 10.1. The van der Waals surface area contributed by atoms with Gasteiger partial charge in [-0.15, -0.1) is 0 Å². The van der Waals surface area contributed by atoms with Crippen molar-refractivity contribution in [2.45, 2.75) is 49.5 Å². The van der Waals surface area contributed by atoms with Crippen LogP contribution in [0.1, 0.15) is 38.5 Å². The standard InChI is InChI=1S/C16H24N2O5S/c1-24(21,22)16-12-13(8-9-15(16)18(19)20)17-10-11-23-14-6-4-2-3-5-7-14/h8-9,12,14,17H,2-7,10-11H2,1H3. The van der Waals surface area contributed by atoms with Gasteiger partial charge in [0.1, 0.15) is 4.90 Å². The van der Waals surface area contributed by atoms with E-state index in [1.54, 1.807) is 0 Å². The molecule has 0 bridgehead atoms. The third-order valence-electron chi connectivity index (χ3n) is 4.14. The summed E-state index contributed by atoms with van der Waals surface area (Å²) in [5, 5.41) is 14.0. The van der Waals surface area contributed by atoms with Crippen molar-refractivity contribution in [2.24, 2.45) is 0 Å². The van der Waals surface area contributed by atoms with Gasteiger partial charge in [0, 0.05) is 24.6 Å². The van der Waals surface area contributed by atoms with Crippen molar-refractivity contribution in [3.05, 3.63) is 28.3 Å². The zero-order chi connectivity index (χ0) is 17.6.